The van der Waals surface area contributed by atoms with Crippen LogP contribution in [0.2, 0.25) is 0 Å². The fourth-order valence-corrected chi connectivity index (χ4v) is 8.75. The highest BCUT2D eigenvalue weighted by Gasteiger charge is 2.62. The number of carbonyl (C=O) groups is 6. The van der Waals surface area contributed by atoms with Crippen molar-refractivity contribution in [2.24, 2.45) is 29.6 Å². The molecule has 4 amide bonds. The first-order chi connectivity index (χ1) is 25.5. The number of ketones is 2. The van der Waals surface area contributed by atoms with E-state index in [4.69, 9.17) is 4.74 Å². The summed E-state index contributed by atoms with van der Waals surface area (Å²) in [5.41, 5.74) is 3.69. The maximum atomic E-state index is 14.5. The lowest BCUT2D eigenvalue weighted by atomic mass is 9.57. The topological polar surface area (TPSA) is 138 Å². The summed E-state index contributed by atoms with van der Waals surface area (Å²) < 4.78 is 5.97. The molecule has 2 aliphatic carbocycles. The summed E-state index contributed by atoms with van der Waals surface area (Å²) >= 11 is 0. The van der Waals surface area contributed by atoms with Crippen LogP contribution in [0.5, 0.6) is 11.5 Å². The highest BCUT2D eigenvalue weighted by Crippen LogP contribution is 2.59. The lowest BCUT2D eigenvalue weighted by Crippen LogP contribution is -2.43. The first kappa shape index (κ1) is 34.0. The first-order valence-electron chi connectivity index (χ1n) is 17.7. The number of allylic oxidation sites excluding steroid dienone is 2. The minimum absolute atomic E-state index is 0.117. The van der Waals surface area contributed by atoms with Crippen molar-refractivity contribution in [3.05, 3.63) is 131 Å². The summed E-state index contributed by atoms with van der Waals surface area (Å²) in [5.74, 6) is -6.15. The van der Waals surface area contributed by atoms with Crippen molar-refractivity contribution in [3.63, 3.8) is 0 Å². The van der Waals surface area contributed by atoms with Crippen molar-refractivity contribution < 1.29 is 38.6 Å². The average Bonchev–Trinajstić information content (AvgIpc) is 3.57. The van der Waals surface area contributed by atoms with Gasteiger partial charge in [-0.1, -0.05) is 48.0 Å². The minimum Gasteiger partial charge on any atom is -0.508 e. The molecule has 3 fully saturated rings. The Morgan fingerprint density at radius 2 is 1.25 bits per heavy atom. The van der Waals surface area contributed by atoms with Crippen LogP contribution in [0.15, 0.2) is 109 Å². The number of hydrogen-bond donors (Lipinski definition) is 1. The lowest BCUT2D eigenvalue weighted by Gasteiger charge is -2.44. The van der Waals surface area contributed by atoms with Crippen LogP contribution in [0, 0.1) is 29.6 Å². The summed E-state index contributed by atoms with van der Waals surface area (Å²) in [6.07, 6.45) is 2.33. The fraction of sp³-hybridized carbons (Fsp3) is 0.256. The van der Waals surface area contributed by atoms with Gasteiger partial charge in [0.25, 0.3) is 0 Å². The van der Waals surface area contributed by atoms with Gasteiger partial charge in [-0.2, -0.15) is 0 Å². The summed E-state index contributed by atoms with van der Waals surface area (Å²) in [4.78, 5) is 83.3. The van der Waals surface area contributed by atoms with E-state index < -0.39 is 53.2 Å². The second-order valence-corrected chi connectivity index (χ2v) is 14.2. The Morgan fingerprint density at radius 3 is 1.81 bits per heavy atom. The predicted octanol–water partition coefficient (Wildman–Crippen LogP) is 6.42. The number of amides is 4. The highest BCUT2D eigenvalue weighted by atomic mass is 16.5. The van der Waals surface area contributed by atoms with Crippen molar-refractivity contribution in [2.75, 3.05) is 9.80 Å². The minimum atomic E-state index is -0.890. The van der Waals surface area contributed by atoms with Crippen molar-refractivity contribution >= 4 is 46.6 Å². The van der Waals surface area contributed by atoms with Crippen molar-refractivity contribution in [2.45, 2.75) is 39.2 Å². The monoisotopic (exact) mass is 708 g/mol. The van der Waals surface area contributed by atoms with E-state index in [-0.39, 0.29) is 42.7 Å². The Labute approximate surface area is 305 Å². The second kappa shape index (κ2) is 13.1. The Balaban J connectivity index is 1.18. The van der Waals surface area contributed by atoms with E-state index in [1.807, 2.05) is 36.4 Å². The SMILES string of the molecule is CC(=O)c1ccc(N2C(=O)C3CC=C4C(CC5C(=O)N(c6ccc(C(C)=O)cc6)C(=O)C5C4c4ccc(OCc5ccccc5)cc4O)C3C2=O)cc1. The predicted molar refractivity (Wildman–Crippen MR) is 194 cm³/mol. The van der Waals surface area contributed by atoms with E-state index in [1.54, 1.807) is 60.7 Å². The number of imide groups is 2. The van der Waals surface area contributed by atoms with Crippen molar-refractivity contribution in [3.8, 4) is 11.5 Å². The molecule has 8 rings (SSSR count). The molecule has 1 saturated carbocycles. The van der Waals surface area contributed by atoms with E-state index in [9.17, 15) is 33.9 Å². The summed E-state index contributed by atoms with van der Waals surface area (Å²) in [7, 11) is 0. The first-order valence-corrected chi connectivity index (χ1v) is 17.7. The van der Waals surface area contributed by atoms with Gasteiger partial charge in [-0.05, 0) is 92.8 Å². The molecule has 10 heteroatoms. The highest BCUT2D eigenvalue weighted by molar-refractivity contribution is 6.24. The van der Waals surface area contributed by atoms with Crippen LogP contribution in [0.4, 0.5) is 11.4 Å². The maximum Gasteiger partial charge on any atom is 0.238 e. The third-order valence-corrected chi connectivity index (χ3v) is 11.3. The molecule has 4 aliphatic rings. The van der Waals surface area contributed by atoms with Crippen molar-refractivity contribution in [1.82, 2.24) is 0 Å². The lowest BCUT2D eigenvalue weighted by molar-refractivity contribution is -0.126. The Hall–Kier alpha value is -6.16. The second-order valence-electron chi connectivity index (χ2n) is 14.2. The van der Waals surface area contributed by atoms with Crippen molar-refractivity contribution in [1.29, 1.82) is 0 Å². The van der Waals surface area contributed by atoms with Gasteiger partial charge in [0.2, 0.25) is 23.6 Å². The quantitative estimate of drug-likeness (QED) is 0.126. The Morgan fingerprint density at radius 1 is 0.679 bits per heavy atom. The molecule has 2 aliphatic heterocycles. The van der Waals surface area contributed by atoms with Crippen LogP contribution >= 0.6 is 0 Å². The van der Waals surface area contributed by atoms with E-state index >= 15 is 0 Å². The van der Waals surface area contributed by atoms with Gasteiger partial charge in [0, 0.05) is 28.7 Å². The number of aromatic hydroxyl groups is 1. The van der Waals surface area contributed by atoms with Crippen LogP contribution in [-0.2, 0) is 25.8 Å². The Kier molecular flexibility index (Phi) is 8.40. The zero-order valence-corrected chi connectivity index (χ0v) is 29.1. The molecule has 0 spiro atoms. The molecule has 0 radical (unpaired) electrons. The number of anilines is 2. The van der Waals surface area contributed by atoms with Crippen LogP contribution in [0.1, 0.15) is 64.4 Å². The number of carbonyl (C=O) groups excluding carboxylic acids is 6. The van der Waals surface area contributed by atoms with Gasteiger partial charge < -0.3 is 9.84 Å². The molecule has 53 heavy (non-hydrogen) atoms. The molecule has 2 saturated heterocycles. The fourth-order valence-electron chi connectivity index (χ4n) is 8.75. The number of rotatable bonds is 8. The zero-order valence-electron chi connectivity index (χ0n) is 29.1. The Bertz CT molecular complexity index is 2230. The largest absolute Gasteiger partial charge is 0.508 e. The van der Waals surface area contributed by atoms with E-state index in [0.717, 1.165) is 16.0 Å². The van der Waals surface area contributed by atoms with Crippen LogP contribution < -0.4 is 14.5 Å². The van der Waals surface area contributed by atoms with Gasteiger partial charge in [0.1, 0.15) is 18.1 Å². The summed E-state index contributed by atoms with van der Waals surface area (Å²) in [5, 5.41) is 11.6. The van der Waals surface area contributed by atoms with Crippen LogP contribution in [0.25, 0.3) is 0 Å². The average molecular weight is 709 g/mol. The van der Waals surface area contributed by atoms with Gasteiger partial charge in [0.15, 0.2) is 11.6 Å². The molecule has 6 unspecified atom stereocenters. The van der Waals surface area contributed by atoms with Gasteiger partial charge in [-0.25, -0.2) is 0 Å². The smallest absolute Gasteiger partial charge is 0.238 e. The standard InChI is InChI=1S/C43H36N2O8/c1-23(46)26-8-12-28(13-9-26)44-40(49)33-19-18-31-34(38(33)42(44)51)21-35-39(43(52)45(41(35)50)29-14-10-27(11-15-29)24(2)47)37(31)32-17-16-30(20-36(32)48)53-22-25-6-4-3-5-7-25/h3-18,20,33-35,37-39,48H,19,21-22H2,1-2H3. The van der Waals surface area contributed by atoms with Gasteiger partial charge in [-0.3, -0.25) is 38.6 Å². The summed E-state index contributed by atoms with van der Waals surface area (Å²) in [6.45, 7) is 3.15. The molecular weight excluding hydrogens is 672 g/mol. The number of hydrogen-bond acceptors (Lipinski definition) is 8. The number of nitrogens with zero attached hydrogens (tertiary/aromatic N) is 2. The molecule has 10 nitrogen and oxygen atoms in total. The molecule has 4 aromatic rings. The number of ether oxygens (including phenoxy) is 1. The molecule has 6 atom stereocenters. The van der Waals surface area contributed by atoms with Gasteiger partial charge in [0.05, 0.1) is 35.0 Å². The van der Waals surface area contributed by atoms with E-state index in [2.05, 4.69) is 0 Å². The normalized spacial score (nSPS) is 24.8. The maximum absolute atomic E-state index is 14.5. The van der Waals surface area contributed by atoms with Gasteiger partial charge in [-0.15, -0.1) is 0 Å². The third-order valence-electron chi connectivity index (χ3n) is 11.3. The molecule has 0 bridgehead atoms. The van der Waals surface area contributed by atoms with E-state index in [1.165, 1.54) is 24.8 Å². The molecule has 2 heterocycles. The number of phenols is 1. The summed E-state index contributed by atoms with van der Waals surface area (Å²) in [6, 6.07) is 27.2. The van der Waals surface area contributed by atoms with Crippen LogP contribution in [-0.4, -0.2) is 40.3 Å². The number of Topliss-reactive ketones (excluding diaryl/α,β-unsaturated/α-hetero) is 2. The molecule has 1 N–H and O–H groups in total. The zero-order chi connectivity index (χ0) is 37.1. The number of fused-ring (bicyclic) bond motifs is 4. The molecule has 0 aromatic heterocycles. The molecule has 4 aromatic carbocycles. The van der Waals surface area contributed by atoms with E-state index in [0.29, 0.717) is 33.8 Å². The van der Waals surface area contributed by atoms with Gasteiger partial charge >= 0.3 is 0 Å². The number of benzene rings is 4. The molecular formula is C43H36N2O8. The molecule has 266 valence electrons. The third kappa shape index (κ3) is 5.65. The van der Waals surface area contributed by atoms with Crippen LogP contribution in [0.3, 0.4) is 0 Å². The number of phenolic OH excluding ortho intramolecular Hbond substituents is 1.